The monoisotopic (exact) mass is 332 g/mol. The Labute approximate surface area is 136 Å². The third-order valence-corrected chi connectivity index (χ3v) is 7.06. The molecule has 0 fully saturated rings. The summed E-state index contributed by atoms with van der Waals surface area (Å²) in [5.41, 5.74) is 0.420. The maximum atomic E-state index is 11.4. The van der Waals surface area contributed by atoms with E-state index in [1.807, 2.05) is 20.8 Å². The fourth-order valence-corrected chi connectivity index (χ4v) is 5.75. The lowest BCUT2D eigenvalue weighted by Crippen LogP contribution is -2.45. The Morgan fingerprint density at radius 3 is 2.36 bits per heavy atom. The molecule has 0 aromatic heterocycles. The zero-order valence-corrected chi connectivity index (χ0v) is 15.8. The smallest absolute Gasteiger partial charge is 0.340 e. The average molecular weight is 333 g/mol. The van der Waals surface area contributed by atoms with Gasteiger partial charge >= 0.3 is 14.5 Å². The van der Waals surface area contributed by atoms with Gasteiger partial charge in [0.25, 0.3) is 0 Å². The van der Waals surface area contributed by atoms with Crippen LogP contribution in [0.5, 0.6) is 0 Å². The van der Waals surface area contributed by atoms with Crippen LogP contribution in [0, 0.1) is 0 Å². The van der Waals surface area contributed by atoms with Crippen molar-refractivity contribution in [3.05, 3.63) is 12.2 Å². The van der Waals surface area contributed by atoms with Crippen molar-refractivity contribution in [1.82, 2.24) is 0 Å². The zero-order valence-electron chi connectivity index (χ0n) is 14.8. The highest BCUT2D eigenvalue weighted by Crippen LogP contribution is 2.25. The molecule has 6 heteroatoms. The molecule has 0 heterocycles. The first-order valence-electron chi connectivity index (χ1n) is 8.16. The number of hydrogen-bond donors (Lipinski definition) is 0. The van der Waals surface area contributed by atoms with E-state index < -0.39 is 8.56 Å². The quantitative estimate of drug-likeness (QED) is 0.169. The molecule has 0 aliphatic rings. The van der Waals surface area contributed by atoms with Gasteiger partial charge in [-0.05, 0) is 46.2 Å². The van der Waals surface area contributed by atoms with Crippen LogP contribution >= 0.6 is 0 Å². The Balaban J connectivity index is 4.55. The van der Waals surface area contributed by atoms with Crippen LogP contribution in [0.3, 0.4) is 0 Å². The van der Waals surface area contributed by atoms with E-state index >= 15 is 0 Å². The van der Waals surface area contributed by atoms with Gasteiger partial charge in [-0.15, -0.1) is 0 Å². The number of carbonyl (C=O) groups is 1. The van der Waals surface area contributed by atoms with Gasteiger partial charge in [-0.25, -0.2) is 4.79 Å². The molecule has 130 valence electrons. The molecule has 2 atom stereocenters. The number of rotatable bonds is 13. The number of carbonyl (C=O) groups excluding carboxylic acids is 1. The highest BCUT2D eigenvalue weighted by Gasteiger charge is 2.38. The van der Waals surface area contributed by atoms with Crippen LogP contribution in [-0.4, -0.2) is 40.6 Å². The van der Waals surface area contributed by atoms with Crippen molar-refractivity contribution in [3.8, 4) is 0 Å². The van der Waals surface area contributed by atoms with Crippen molar-refractivity contribution in [3.63, 3.8) is 0 Å². The second-order valence-electron chi connectivity index (χ2n) is 5.25. The average Bonchev–Trinajstić information content (AvgIpc) is 2.44. The molecule has 0 saturated heterocycles. The Morgan fingerprint density at radius 1 is 1.18 bits per heavy atom. The summed E-state index contributed by atoms with van der Waals surface area (Å²) in [5, 5.41) is 0. The van der Waals surface area contributed by atoms with E-state index in [2.05, 4.69) is 13.5 Å². The molecule has 0 aromatic carbocycles. The molecule has 0 rings (SSSR count). The van der Waals surface area contributed by atoms with E-state index in [-0.39, 0.29) is 12.3 Å². The molecular formula is C16H32O5Si. The van der Waals surface area contributed by atoms with E-state index in [0.717, 1.165) is 24.9 Å². The lowest BCUT2D eigenvalue weighted by Gasteiger charge is -2.33. The van der Waals surface area contributed by atoms with Gasteiger partial charge in [0.2, 0.25) is 0 Å². The summed E-state index contributed by atoms with van der Waals surface area (Å²) >= 11 is 0. The summed E-state index contributed by atoms with van der Waals surface area (Å²) in [6, 6.07) is 1.70. The molecule has 0 bridgehead atoms. The van der Waals surface area contributed by atoms with Gasteiger partial charge in [0, 0.05) is 18.8 Å². The van der Waals surface area contributed by atoms with Gasteiger partial charge < -0.3 is 18.3 Å². The summed E-state index contributed by atoms with van der Waals surface area (Å²) in [6.45, 7) is 14.8. The maximum absolute atomic E-state index is 11.4. The first-order valence-corrected chi connectivity index (χ1v) is 10.4. The summed E-state index contributed by atoms with van der Waals surface area (Å²) in [6.07, 6.45) is 1.45. The van der Waals surface area contributed by atoms with Crippen LogP contribution in [0.4, 0.5) is 0 Å². The van der Waals surface area contributed by atoms with E-state index in [1.165, 1.54) is 0 Å². The van der Waals surface area contributed by atoms with Crippen molar-refractivity contribution in [1.29, 1.82) is 0 Å². The first-order chi connectivity index (χ1) is 10.4. The molecule has 0 spiro atoms. The van der Waals surface area contributed by atoms with Crippen LogP contribution in [-0.2, 0) is 23.1 Å². The molecular weight excluding hydrogens is 300 g/mol. The largest absolute Gasteiger partial charge is 0.462 e. The van der Waals surface area contributed by atoms with Gasteiger partial charge in [-0.3, -0.25) is 0 Å². The lowest BCUT2D eigenvalue weighted by molar-refractivity contribution is -0.139. The molecule has 0 saturated carbocycles. The second-order valence-corrected chi connectivity index (χ2v) is 8.60. The molecule has 0 aliphatic carbocycles. The first kappa shape index (κ1) is 21.3. The zero-order chi connectivity index (χ0) is 17.0. The summed E-state index contributed by atoms with van der Waals surface area (Å²) in [7, 11) is -2.33. The molecule has 0 amide bonds. The van der Waals surface area contributed by atoms with Crippen LogP contribution in [0.1, 0.15) is 47.5 Å². The normalized spacial score (nSPS) is 15.1. The fraction of sp³-hybridized carbons (Fsp3) is 0.812. The Bertz CT molecular complexity index is 326. The molecule has 0 N–H and O–H groups in total. The van der Waals surface area contributed by atoms with E-state index in [0.29, 0.717) is 25.4 Å². The van der Waals surface area contributed by atoms with Gasteiger partial charge in [0.15, 0.2) is 0 Å². The van der Waals surface area contributed by atoms with Crippen molar-refractivity contribution in [2.75, 3.05) is 19.8 Å². The molecule has 0 radical (unpaired) electrons. The SMILES string of the molecule is C=C(C)C(=O)OCCC[Si](CCC)(OCC)OC(C)OCC. The predicted molar refractivity (Wildman–Crippen MR) is 89.8 cm³/mol. The number of esters is 1. The third kappa shape index (κ3) is 8.68. The van der Waals surface area contributed by atoms with Crippen LogP contribution in [0.2, 0.25) is 12.1 Å². The Morgan fingerprint density at radius 2 is 1.86 bits per heavy atom. The minimum Gasteiger partial charge on any atom is -0.462 e. The van der Waals surface area contributed by atoms with Crippen molar-refractivity contribution in [2.24, 2.45) is 0 Å². The topological polar surface area (TPSA) is 54.0 Å². The van der Waals surface area contributed by atoms with Crippen molar-refractivity contribution in [2.45, 2.75) is 65.8 Å². The van der Waals surface area contributed by atoms with Gasteiger partial charge in [0.1, 0.15) is 6.29 Å². The molecule has 5 nitrogen and oxygen atoms in total. The summed E-state index contributed by atoms with van der Waals surface area (Å²) < 4.78 is 22.8. The van der Waals surface area contributed by atoms with Crippen LogP contribution in [0.25, 0.3) is 0 Å². The highest BCUT2D eigenvalue weighted by molar-refractivity contribution is 6.67. The molecule has 0 aliphatic heterocycles. The second kappa shape index (κ2) is 11.8. The van der Waals surface area contributed by atoms with Crippen molar-refractivity contribution < 1.29 is 23.1 Å². The van der Waals surface area contributed by atoms with E-state index in [4.69, 9.17) is 18.3 Å². The number of ether oxygens (including phenoxy) is 2. The summed E-state index contributed by atoms with van der Waals surface area (Å²) in [5.74, 6) is -0.345. The Kier molecular flexibility index (Phi) is 11.4. The standard InChI is InChI=1S/C16H32O5Si/c1-7-12-22(20-9-3,21-15(6)18-8-2)13-10-11-19-16(17)14(4)5/h15H,4,7-13H2,1-3,5-6H3. The van der Waals surface area contributed by atoms with Gasteiger partial charge in [-0.1, -0.05) is 19.9 Å². The van der Waals surface area contributed by atoms with E-state index in [1.54, 1.807) is 6.92 Å². The van der Waals surface area contributed by atoms with Crippen LogP contribution < -0.4 is 0 Å². The predicted octanol–water partition coefficient (Wildman–Crippen LogP) is 3.78. The van der Waals surface area contributed by atoms with Crippen LogP contribution in [0.15, 0.2) is 12.2 Å². The minimum atomic E-state index is -2.33. The molecule has 0 aromatic rings. The van der Waals surface area contributed by atoms with Gasteiger partial charge in [-0.2, -0.15) is 0 Å². The van der Waals surface area contributed by atoms with Crippen molar-refractivity contribution >= 4 is 14.5 Å². The Hall–Kier alpha value is -0.693. The lowest BCUT2D eigenvalue weighted by atomic mass is 10.4. The molecule has 22 heavy (non-hydrogen) atoms. The maximum Gasteiger partial charge on any atom is 0.340 e. The fourth-order valence-electron chi connectivity index (χ4n) is 2.27. The highest BCUT2D eigenvalue weighted by atomic mass is 28.4. The minimum absolute atomic E-state index is 0.271. The third-order valence-electron chi connectivity index (χ3n) is 3.10. The summed E-state index contributed by atoms with van der Waals surface area (Å²) in [4.78, 5) is 11.4. The molecule has 2 unspecified atom stereocenters. The van der Waals surface area contributed by atoms with Gasteiger partial charge in [0.05, 0.1) is 6.61 Å². The van der Waals surface area contributed by atoms with E-state index in [9.17, 15) is 4.79 Å². The number of hydrogen-bond acceptors (Lipinski definition) is 5.